The van der Waals surface area contributed by atoms with Gasteiger partial charge in [0, 0.05) is 16.5 Å². The molecule has 0 heterocycles. The molecule has 4 aromatic rings. The molecule has 0 amide bonds. The van der Waals surface area contributed by atoms with Crippen LogP contribution in [0.25, 0.3) is 10.8 Å². The summed E-state index contributed by atoms with van der Waals surface area (Å²) in [6.07, 6.45) is 11.5. The Hall–Kier alpha value is -3.37. The van der Waals surface area contributed by atoms with Gasteiger partial charge >= 0.3 is 0 Å². The van der Waals surface area contributed by atoms with E-state index in [1.54, 1.807) is 0 Å². The van der Waals surface area contributed by atoms with Gasteiger partial charge < -0.3 is 0 Å². The van der Waals surface area contributed by atoms with E-state index in [0.29, 0.717) is 11.8 Å². The average Bonchev–Trinajstić information content (AvgIpc) is 2.93. The molecule has 0 aliphatic carbocycles. The van der Waals surface area contributed by atoms with E-state index in [2.05, 4.69) is 74.2 Å². The highest BCUT2D eigenvalue weighted by atomic mass is 19.1. The molecule has 1 heteroatoms. The fourth-order valence-electron chi connectivity index (χ4n) is 4.88. The van der Waals surface area contributed by atoms with Gasteiger partial charge in [-0.15, -0.1) is 0 Å². The van der Waals surface area contributed by atoms with Crippen molar-refractivity contribution < 1.29 is 4.39 Å². The van der Waals surface area contributed by atoms with E-state index < -0.39 is 0 Å². The van der Waals surface area contributed by atoms with Crippen LogP contribution in [0.4, 0.5) is 4.39 Å². The Morgan fingerprint density at radius 1 is 0.541 bits per heavy atom. The number of rotatable bonds is 11. The van der Waals surface area contributed by atoms with Crippen LogP contribution in [0, 0.1) is 17.7 Å². The highest BCUT2D eigenvalue weighted by molar-refractivity contribution is 5.85. The van der Waals surface area contributed by atoms with Gasteiger partial charge in [0.2, 0.25) is 0 Å². The molecule has 190 valence electrons. The molecule has 0 radical (unpaired) electrons. The van der Waals surface area contributed by atoms with Gasteiger partial charge in [-0.1, -0.05) is 112 Å². The predicted octanol–water partition coefficient (Wildman–Crippen LogP) is 9.63. The van der Waals surface area contributed by atoms with Crippen molar-refractivity contribution >= 4 is 10.8 Å². The summed E-state index contributed by atoms with van der Waals surface area (Å²) < 4.78 is 15.3. The molecule has 0 aliphatic heterocycles. The van der Waals surface area contributed by atoms with Crippen LogP contribution in [0.2, 0.25) is 0 Å². The molecule has 0 aromatic heterocycles. The second-order valence-electron chi connectivity index (χ2n) is 10.2. The van der Waals surface area contributed by atoms with Gasteiger partial charge in [-0.25, -0.2) is 4.39 Å². The van der Waals surface area contributed by atoms with Crippen molar-refractivity contribution in [1.82, 2.24) is 0 Å². The third-order valence-corrected chi connectivity index (χ3v) is 7.15. The molecule has 0 spiro atoms. The summed E-state index contributed by atoms with van der Waals surface area (Å²) in [5.74, 6) is 6.42. The van der Waals surface area contributed by atoms with E-state index in [9.17, 15) is 0 Å². The maximum absolute atomic E-state index is 15.3. The smallest absolute Gasteiger partial charge is 0.134 e. The summed E-state index contributed by atoms with van der Waals surface area (Å²) in [4.78, 5) is 0. The Bertz CT molecular complexity index is 1330. The van der Waals surface area contributed by atoms with Crippen molar-refractivity contribution in [3.05, 3.63) is 118 Å². The van der Waals surface area contributed by atoms with Crippen LogP contribution in [0.3, 0.4) is 0 Å². The number of halogens is 1. The number of fused-ring (bicyclic) bond motifs is 1. The van der Waals surface area contributed by atoms with Crippen molar-refractivity contribution in [3.8, 4) is 11.8 Å². The quantitative estimate of drug-likeness (QED) is 0.145. The first kappa shape index (κ1) is 26.7. The molecular weight excluding hydrogens is 451 g/mol. The van der Waals surface area contributed by atoms with E-state index in [1.807, 2.05) is 30.3 Å². The van der Waals surface area contributed by atoms with E-state index in [0.717, 1.165) is 47.8 Å². The summed E-state index contributed by atoms with van der Waals surface area (Å²) in [5.41, 5.74) is 6.70. The second kappa shape index (κ2) is 13.8. The molecule has 0 fully saturated rings. The van der Waals surface area contributed by atoms with Crippen molar-refractivity contribution in [2.24, 2.45) is 0 Å². The lowest BCUT2D eigenvalue weighted by atomic mass is 9.98. The van der Waals surface area contributed by atoms with Gasteiger partial charge in [0.15, 0.2) is 0 Å². The SMILES string of the molecule is CCCCCCCc1ccc(C#Cc2ccc3c(F)c(CCc4ccc(CCC)cc4)ccc3c2)cc1. The third-order valence-electron chi connectivity index (χ3n) is 7.15. The number of hydrogen-bond donors (Lipinski definition) is 0. The molecular formula is C36H39F. The zero-order valence-electron chi connectivity index (χ0n) is 22.5. The maximum atomic E-state index is 15.3. The van der Waals surface area contributed by atoms with Gasteiger partial charge in [-0.2, -0.15) is 0 Å². The highest BCUT2D eigenvalue weighted by Crippen LogP contribution is 2.24. The van der Waals surface area contributed by atoms with Crippen LogP contribution in [-0.2, 0) is 25.7 Å². The van der Waals surface area contributed by atoms with Gasteiger partial charge in [0.05, 0.1) is 0 Å². The van der Waals surface area contributed by atoms with Gasteiger partial charge in [0.1, 0.15) is 5.82 Å². The minimum Gasteiger partial charge on any atom is -0.206 e. The molecule has 4 rings (SSSR count). The van der Waals surface area contributed by atoms with Crippen molar-refractivity contribution in [3.63, 3.8) is 0 Å². The lowest BCUT2D eigenvalue weighted by Gasteiger charge is -2.08. The van der Waals surface area contributed by atoms with Crippen LogP contribution < -0.4 is 0 Å². The Kier molecular flexibility index (Phi) is 9.96. The van der Waals surface area contributed by atoms with Gasteiger partial charge in [-0.3, -0.25) is 0 Å². The molecule has 0 atom stereocenters. The van der Waals surface area contributed by atoms with Crippen LogP contribution in [-0.4, -0.2) is 0 Å². The summed E-state index contributed by atoms with van der Waals surface area (Å²) >= 11 is 0. The summed E-state index contributed by atoms with van der Waals surface area (Å²) in [7, 11) is 0. The number of benzene rings is 4. The fraction of sp³-hybridized carbons (Fsp3) is 0.333. The largest absolute Gasteiger partial charge is 0.206 e. The average molecular weight is 491 g/mol. The molecule has 0 bridgehead atoms. The second-order valence-corrected chi connectivity index (χ2v) is 10.2. The molecule has 0 nitrogen and oxygen atoms in total. The maximum Gasteiger partial charge on any atom is 0.134 e. The molecule has 0 unspecified atom stereocenters. The molecule has 4 aromatic carbocycles. The first-order chi connectivity index (χ1) is 18.2. The Morgan fingerprint density at radius 3 is 1.89 bits per heavy atom. The van der Waals surface area contributed by atoms with Gasteiger partial charge in [-0.05, 0) is 84.0 Å². The van der Waals surface area contributed by atoms with Crippen molar-refractivity contribution in [2.45, 2.75) is 78.1 Å². The normalized spacial score (nSPS) is 10.9. The highest BCUT2D eigenvalue weighted by Gasteiger charge is 2.08. The number of hydrogen-bond acceptors (Lipinski definition) is 0. The Balaban J connectivity index is 1.37. The van der Waals surface area contributed by atoms with Gasteiger partial charge in [0.25, 0.3) is 0 Å². The Labute approximate surface area is 223 Å². The topological polar surface area (TPSA) is 0 Å². The number of unbranched alkanes of at least 4 members (excludes halogenated alkanes) is 4. The van der Waals surface area contributed by atoms with Crippen molar-refractivity contribution in [2.75, 3.05) is 0 Å². The summed E-state index contributed by atoms with van der Waals surface area (Å²) in [6.45, 7) is 4.45. The standard InChI is InChI=1S/C36H39F/c1-3-5-6-7-8-10-29-13-17-30(18-14-29)19-20-32-22-26-35-34(27-32)25-24-33(36(35)37)23-21-31-15-11-28(9-4-2)12-16-31/h11-18,22,24-27H,3-10,21,23H2,1-2H3. The van der Waals surface area contributed by atoms with Crippen LogP contribution in [0.15, 0.2) is 78.9 Å². The Morgan fingerprint density at radius 2 is 1.16 bits per heavy atom. The third kappa shape index (κ3) is 7.80. The molecule has 0 saturated carbocycles. The molecule has 0 N–H and O–H groups in total. The minimum atomic E-state index is -0.107. The summed E-state index contributed by atoms with van der Waals surface area (Å²) in [5, 5.41) is 1.57. The van der Waals surface area contributed by atoms with Crippen LogP contribution >= 0.6 is 0 Å². The minimum absolute atomic E-state index is 0.107. The molecule has 37 heavy (non-hydrogen) atoms. The zero-order valence-corrected chi connectivity index (χ0v) is 22.5. The lowest BCUT2D eigenvalue weighted by molar-refractivity contribution is 0.620. The number of aryl methyl sites for hydroxylation is 4. The van der Waals surface area contributed by atoms with Crippen LogP contribution in [0.5, 0.6) is 0 Å². The predicted molar refractivity (Wildman–Crippen MR) is 157 cm³/mol. The van der Waals surface area contributed by atoms with E-state index >= 15 is 4.39 Å². The van der Waals surface area contributed by atoms with E-state index in [4.69, 9.17) is 0 Å². The first-order valence-electron chi connectivity index (χ1n) is 14.1. The van der Waals surface area contributed by atoms with Crippen LogP contribution in [0.1, 0.15) is 85.8 Å². The van der Waals surface area contributed by atoms with E-state index in [-0.39, 0.29) is 5.82 Å². The van der Waals surface area contributed by atoms with Crippen molar-refractivity contribution in [1.29, 1.82) is 0 Å². The summed E-state index contributed by atoms with van der Waals surface area (Å²) in [6, 6.07) is 27.1. The molecule has 0 saturated heterocycles. The molecule has 0 aliphatic rings. The first-order valence-corrected chi connectivity index (χ1v) is 14.1. The monoisotopic (exact) mass is 490 g/mol. The van der Waals surface area contributed by atoms with E-state index in [1.165, 1.54) is 48.8 Å². The lowest BCUT2D eigenvalue weighted by Crippen LogP contribution is -1.96. The fourth-order valence-corrected chi connectivity index (χ4v) is 4.88. The zero-order chi connectivity index (χ0) is 25.9.